The summed E-state index contributed by atoms with van der Waals surface area (Å²) in [5, 5.41) is 6.17. The number of nitrogens with one attached hydrogen (secondary N) is 2. The standard InChI is InChI=1S/C16H19N3O/c1-3-17-11-13-6-4-7-14(10-13)19-16(20)15-8-5-9-18-12(15)2/h4-10,17H,3,11H2,1-2H3,(H,19,20). The van der Waals surface area contributed by atoms with E-state index >= 15 is 0 Å². The van der Waals surface area contributed by atoms with Crippen molar-refractivity contribution in [2.75, 3.05) is 11.9 Å². The van der Waals surface area contributed by atoms with Crippen LogP contribution in [0.25, 0.3) is 0 Å². The molecular weight excluding hydrogens is 250 g/mol. The van der Waals surface area contributed by atoms with Crippen LogP contribution in [-0.2, 0) is 6.54 Å². The lowest BCUT2D eigenvalue weighted by Crippen LogP contribution is -2.15. The van der Waals surface area contributed by atoms with Crippen LogP contribution in [0.1, 0.15) is 28.5 Å². The highest BCUT2D eigenvalue weighted by Gasteiger charge is 2.09. The highest BCUT2D eigenvalue weighted by atomic mass is 16.1. The van der Waals surface area contributed by atoms with Gasteiger partial charge in [0.05, 0.1) is 5.56 Å². The van der Waals surface area contributed by atoms with Crippen molar-refractivity contribution in [3.05, 3.63) is 59.4 Å². The molecule has 0 radical (unpaired) electrons. The van der Waals surface area contributed by atoms with Crippen molar-refractivity contribution in [2.45, 2.75) is 20.4 Å². The molecule has 0 aliphatic carbocycles. The summed E-state index contributed by atoms with van der Waals surface area (Å²) in [6, 6.07) is 11.4. The molecule has 1 heterocycles. The van der Waals surface area contributed by atoms with Crippen LogP contribution in [0.15, 0.2) is 42.6 Å². The van der Waals surface area contributed by atoms with Crippen LogP contribution in [0, 0.1) is 6.92 Å². The van der Waals surface area contributed by atoms with Crippen LogP contribution in [0.2, 0.25) is 0 Å². The van der Waals surface area contributed by atoms with Gasteiger partial charge in [0.25, 0.3) is 5.91 Å². The minimum Gasteiger partial charge on any atom is -0.322 e. The molecule has 4 nitrogen and oxygen atoms in total. The maximum Gasteiger partial charge on any atom is 0.257 e. The highest BCUT2D eigenvalue weighted by molar-refractivity contribution is 6.04. The lowest BCUT2D eigenvalue weighted by Gasteiger charge is -2.09. The van der Waals surface area contributed by atoms with Gasteiger partial charge in [-0.25, -0.2) is 0 Å². The maximum absolute atomic E-state index is 12.2. The zero-order chi connectivity index (χ0) is 14.4. The molecule has 104 valence electrons. The molecule has 0 atom stereocenters. The zero-order valence-corrected chi connectivity index (χ0v) is 11.8. The molecule has 20 heavy (non-hydrogen) atoms. The number of aryl methyl sites for hydroxylation is 1. The van der Waals surface area contributed by atoms with Crippen LogP contribution in [0.3, 0.4) is 0 Å². The Kier molecular flexibility index (Phi) is 4.85. The Morgan fingerprint density at radius 1 is 1.25 bits per heavy atom. The molecule has 1 aromatic carbocycles. The summed E-state index contributed by atoms with van der Waals surface area (Å²) in [6.07, 6.45) is 1.68. The Labute approximate surface area is 119 Å². The largest absolute Gasteiger partial charge is 0.322 e. The minimum atomic E-state index is -0.129. The van der Waals surface area contributed by atoms with Crippen LogP contribution >= 0.6 is 0 Å². The van der Waals surface area contributed by atoms with E-state index in [0.717, 1.165) is 30.0 Å². The van der Waals surface area contributed by atoms with Crippen LogP contribution in [-0.4, -0.2) is 17.4 Å². The van der Waals surface area contributed by atoms with Gasteiger partial charge in [-0.3, -0.25) is 9.78 Å². The predicted octanol–water partition coefficient (Wildman–Crippen LogP) is 2.75. The zero-order valence-electron chi connectivity index (χ0n) is 11.8. The van der Waals surface area contributed by atoms with Crippen molar-refractivity contribution in [3.63, 3.8) is 0 Å². The lowest BCUT2D eigenvalue weighted by molar-refractivity contribution is 0.102. The van der Waals surface area contributed by atoms with E-state index in [9.17, 15) is 4.79 Å². The summed E-state index contributed by atoms with van der Waals surface area (Å²) in [6.45, 7) is 5.62. The molecule has 0 saturated heterocycles. The van der Waals surface area contributed by atoms with Crippen molar-refractivity contribution in [2.24, 2.45) is 0 Å². The Morgan fingerprint density at radius 3 is 2.85 bits per heavy atom. The van der Waals surface area contributed by atoms with Gasteiger partial charge in [-0.15, -0.1) is 0 Å². The third-order valence-corrected chi connectivity index (χ3v) is 3.02. The normalized spacial score (nSPS) is 10.3. The van der Waals surface area contributed by atoms with E-state index in [4.69, 9.17) is 0 Å². The minimum absolute atomic E-state index is 0.129. The van der Waals surface area contributed by atoms with E-state index in [1.807, 2.05) is 31.2 Å². The lowest BCUT2D eigenvalue weighted by atomic mass is 10.1. The Bertz CT molecular complexity index is 596. The number of rotatable bonds is 5. The first kappa shape index (κ1) is 14.2. The van der Waals surface area contributed by atoms with E-state index in [2.05, 4.69) is 22.5 Å². The molecule has 0 saturated carbocycles. The number of carbonyl (C=O) groups excluding carboxylic acids is 1. The molecule has 1 aromatic heterocycles. The number of carbonyl (C=O) groups is 1. The van der Waals surface area contributed by atoms with Gasteiger partial charge in [-0.1, -0.05) is 19.1 Å². The number of hydrogen-bond acceptors (Lipinski definition) is 3. The van der Waals surface area contributed by atoms with Gasteiger partial charge in [0.1, 0.15) is 0 Å². The quantitative estimate of drug-likeness (QED) is 0.877. The van der Waals surface area contributed by atoms with Crippen molar-refractivity contribution in [3.8, 4) is 0 Å². The van der Waals surface area contributed by atoms with Gasteiger partial charge < -0.3 is 10.6 Å². The number of nitrogens with zero attached hydrogens (tertiary/aromatic N) is 1. The first-order chi connectivity index (χ1) is 9.70. The molecule has 2 N–H and O–H groups in total. The molecule has 0 unspecified atom stereocenters. The second-order valence-electron chi connectivity index (χ2n) is 4.57. The molecule has 2 aromatic rings. The van der Waals surface area contributed by atoms with E-state index < -0.39 is 0 Å². The third-order valence-electron chi connectivity index (χ3n) is 3.02. The van der Waals surface area contributed by atoms with Crippen LogP contribution < -0.4 is 10.6 Å². The molecule has 2 rings (SSSR count). The predicted molar refractivity (Wildman–Crippen MR) is 80.7 cm³/mol. The summed E-state index contributed by atoms with van der Waals surface area (Å²) in [7, 11) is 0. The molecule has 0 spiro atoms. The van der Waals surface area contributed by atoms with Crippen molar-refractivity contribution in [1.82, 2.24) is 10.3 Å². The fourth-order valence-corrected chi connectivity index (χ4v) is 1.95. The topological polar surface area (TPSA) is 54.0 Å². The molecule has 0 bridgehead atoms. The average Bonchev–Trinajstić information content (AvgIpc) is 2.46. The van der Waals surface area contributed by atoms with Crippen molar-refractivity contribution < 1.29 is 4.79 Å². The van der Waals surface area contributed by atoms with Gasteiger partial charge in [0, 0.05) is 24.1 Å². The number of hydrogen-bond donors (Lipinski definition) is 2. The SMILES string of the molecule is CCNCc1cccc(NC(=O)c2cccnc2C)c1. The fraction of sp³-hybridized carbons (Fsp3) is 0.250. The van der Waals surface area contributed by atoms with Crippen LogP contribution in [0.5, 0.6) is 0 Å². The molecule has 0 fully saturated rings. The number of anilines is 1. The van der Waals surface area contributed by atoms with E-state index in [1.54, 1.807) is 18.3 Å². The van der Waals surface area contributed by atoms with Crippen molar-refractivity contribution in [1.29, 1.82) is 0 Å². The van der Waals surface area contributed by atoms with Gasteiger partial charge >= 0.3 is 0 Å². The average molecular weight is 269 g/mol. The summed E-state index contributed by atoms with van der Waals surface area (Å²) in [5.41, 5.74) is 3.28. The van der Waals surface area contributed by atoms with Crippen molar-refractivity contribution >= 4 is 11.6 Å². The Hall–Kier alpha value is -2.20. The Balaban J connectivity index is 2.10. The van der Waals surface area contributed by atoms with Gasteiger partial charge in [0.15, 0.2) is 0 Å². The summed E-state index contributed by atoms with van der Waals surface area (Å²) in [4.78, 5) is 16.3. The monoisotopic (exact) mass is 269 g/mol. The summed E-state index contributed by atoms with van der Waals surface area (Å²) < 4.78 is 0. The summed E-state index contributed by atoms with van der Waals surface area (Å²) >= 11 is 0. The van der Waals surface area contributed by atoms with Crippen LogP contribution in [0.4, 0.5) is 5.69 Å². The van der Waals surface area contributed by atoms with E-state index in [0.29, 0.717) is 5.56 Å². The third kappa shape index (κ3) is 3.65. The number of aromatic nitrogens is 1. The maximum atomic E-state index is 12.2. The fourth-order valence-electron chi connectivity index (χ4n) is 1.95. The second kappa shape index (κ2) is 6.82. The smallest absolute Gasteiger partial charge is 0.257 e. The molecule has 1 amide bonds. The first-order valence-electron chi connectivity index (χ1n) is 6.73. The first-order valence-corrected chi connectivity index (χ1v) is 6.73. The molecule has 4 heteroatoms. The summed E-state index contributed by atoms with van der Waals surface area (Å²) in [5.74, 6) is -0.129. The van der Waals surface area contributed by atoms with Gasteiger partial charge in [-0.2, -0.15) is 0 Å². The van der Waals surface area contributed by atoms with Gasteiger partial charge in [-0.05, 0) is 43.3 Å². The number of benzene rings is 1. The molecule has 0 aliphatic rings. The van der Waals surface area contributed by atoms with E-state index in [-0.39, 0.29) is 5.91 Å². The highest BCUT2D eigenvalue weighted by Crippen LogP contribution is 2.13. The van der Waals surface area contributed by atoms with E-state index in [1.165, 1.54) is 0 Å². The van der Waals surface area contributed by atoms with Gasteiger partial charge in [0.2, 0.25) is 0 Å². The number of amides is 1. The second-order valence-corrected chi connectivity index (χ2v) is 4.57. The number of pyridine rings is 1. The molecule has 0 aliphatic heterocycles. The molecular formula is C16H19N3O. The Morgan fingerprint density at radius 2 is 2.10 bits per heavy atom.